The van der Waals surface area contributed by atoms with E-state index < -0.39 is 0 Å². The molecule has 0 bridgehead atoms. The van der Waals surface area contributed by atoms with Gasteiger partial charge in [0, 0.05) is 25.1 Å². The fraction of sp³-hybridized carbons (Fsp3) is 0.133. The van der Waals surface area contributed by atoms with Crippen molar-refractivity contribution in [3.05, 3.63) is 66.0 Å². The Kier molecular flexibility index (Phi) is 3.16. The van der Waals surface area contributed by atoms with Gasteiger partial charge in [-0.3, -0.25) is 9.78 Å². The van der Waals surface area contributed by atoms with Gasteiger partial charge in [-0.1, -0.05) is 12.1 Å². The zero-order chi connectivity index (χ0) is 13.9. The van der Waals surface area contributed by atoms with Crippen molar-refractivity contribution in [2.24, 2.45) is 0 Å². The fourth-order valence-corrected chi connectivity index (χ4v) is 2.13. The first-order valence-corrected chi connectivity index (χ1v) is 6.36. The molecule has 20 heavy (non-hydrogen) atoms. The summed E-state index contributed by atoms with van der Waals surface area (Å²) in [6, 6.07) is 9.47. The molecule has 0 unspecified atom stereocenters. The number of aryl methyl sites for hydroxylation is 1. The Morgan fingerprint density at radius 2 is 2.20 bits per heavy atom. The molecule has 0 saturated heterocycles. The third kappa shape index (κ3) is 2.25. The number of rotatable bonds is 3. The lowest BCUT2D eigenvalue weighted by molar-refractivity contribution is 0.0948. The Hall–Kier alpha value is -2.69. The molecule has 0 aliphatic carbocycles. The lowest BCUT2D eigenvalue weighted by atomic mass is 10.2. The molecule has 5 heteroatoms. The summed E-state index contributed by atoms with van der Waals surface area (Å²) in [5.74, 6) is 0.623. The molecule has 100 valence electrons. The van der Waals surface area contributed by atoms with Gasteiger partial charge in [-0.25, -0.2) is 4.98 Å². The first-order valence-electron chi connectivity index (χ1n) is 6.36. The van der Waals surface area contributed by atoms with E-state index in [4.69, 9.17) is 0 Å². The van der Waals surface area contributed by atoms with Crippen LogP contribution in [0.5, 0.6) is 0 Å². The average molecular weight is 266 g/mol. The van der Waals surface area contributed by atoms with Gasteiger partial charge >= 0.3 is 0 Å². The molecule has 3 heterocycles. The summed E-state index contributed by atoms with van der Waals surface area (Å²) in [6.45, 7) is 2.32. The number of pyridine rings is 2. The number of hydrogen-bond acceptors (Lipinski definition) is 3. The zero-order valence-corrected chi connectivity index (χ0v) is 11.1. The quantitative estimate of drug-likeness (QED) is 0.788. The van der Waals surface area contributed by atoms with E-state index in [-0.39, 0.29) is 5.91 Å². The number of nitrogens with one attached hydrogen (secondary N) is 1. The van der Waals surface area contributed by atoms with Crippen LogP contribution in [0.25, 0.3) is 5.52 Å². The Labute approximate surface area is 116 Å². The van der Waals surface area contributed by atoms with Gasteiger partial charge in [0.25, 0.3) is 5.91 Å². The van der Waals surface area contributed by atoms with Crippen molar-refractivity contribution in [1.82, 2.24) is 19.7 Å². The molecule has 0 spiro atoms. The third-order valence-corrected chi connectivity index (χ3v) is 3.12. The second-order valence-electron chi connectivity index (χ2n) is 4.51. The van der Waals surface area contributed by atoms with Crippen LogP contribution in [-0.2, 0) is 6.54 Å². The molecule has 3 aromatic rings. The average Bonchev–Trinajstić information content (AvgIpc) is 2.84. The molecule has 0 aliphatic heterocycles. The van der Waals surface area contributed by atoms with E-state index in [1.807, 2.05) is 47.9 Å². The minimum Gasteiger partial charge on any atom is -0.346 e. The van der Waals surface area contributed by atoms with Crippen LogP contribution in [0.3, 0.4) is 0 Å². The maximum atomic E-state index is 12.2. The Bertz CT molecular complexity index is 749. The van der Waals surface area contributed by atoms with Crippen molar-refractivity contribution in [2.45, 2.75) is 13.5 Å². The van der Waals surface area contributed by atoms with Gasteiger partial charge in [-0.05, 0) is 30.7 Å². The highest BCUT2D eigenvalue weighted by Crippen LogP contribution is 2.12. The van der Waals surface area contributed by atoms with E-state index in [0.717, 1.165) is 16.9 Å². The number of fused-ring (bicyclic) bond motifs is 1. The SMILES string of the molecule is Cc1nc(C(=O)NCc2cccnc2)c2ccccn12. The van der Waals surface area contributed by atoms with Crippen molar-refractivity contribution in [2.75, 3.05) is 0 Å². The predicted molar refractivity (Wildman–Crippen MR) is 75.3 cm³/mol. The Balaban J connectivity index is 1.83. The van der Waals surface area contributed by atoms with Crippen LogP contribution in [0.4, 0.5) is 0 Å². The van der Waals surface area contributed by atoms with Crippen molar-refractivity contribution in [3.8, 4) is 0 Å². The van der Waals surface area contributed by atoms with Crippen molar-refractivity contribution < 1.29 is 4.79 Å². The van der Waals surface area contributed by atoms with Crippen LogP contribution in [0.2, 0.25) is 0 Å². The first-order chi connectivity index (χ1) is 9.75. The van der Waals surface area contributed by atoms with Crippen LogP contribution >= 0.6 is 0 Å². The first kappa shape index (κ1) is 12.3. The van der Waals surface area contributed by atoms with E-state index in [1.165, 1.54) is 0 Å². The van der Waals surface area contributed by atoms with Crippen molar-refractivity contribution in [1.29, 1.82) is 0 Å². The van der Waals surface area contributed by atoms with Crippen LogP contribution in [0, 0.1) is 6.92 Å². The highest BCUT2D eigenvalue weighted by atomic mass is 16.1. The highest BCUT2D eigenvalue weighted by molar-refractivity contribution is 5.99. The van der Waals surface area contributed by atoms with E-state index in [9.17, 15) is 4.79 Å². The summed E-state index contributed by atoms with van der Waals surface area (Å²) in [5, 5.41) is 2.87. The number of carbonyl (C=O) groups excluding carboxylic acids is 1. The van der Waals surface area contributed by atoms with Crippen LogP contribution < -0.4 is 5.32 Å². The van der Waals surface area contributed by atoms with E-state index >= 15 is 0 Å². The molecule has 3 rings (SSSR count). The molecule has 0 aromatic carbocycles. The van der Waals surface area contributed by atoms with Crippen LogP contribution in [0.1, 0.15) is 21.9 Å². The molecular weight excluding hydrogens is 252 g/mol. The number of hydrogen-bond donors (Lipinski definition) is 1. The number of amides is 1. The van der Waals surface area contributed by atoms with Gasteiger partial charge in [-0.15, -0.1) is 0 Å². The van der Waals surface area contributed by atoms with Gasteiger partial charge in [0.2, 0.25) is 0 Å². The lowest BCUT2D eigenvalue weighted by Gasteiger charge is -2.03. The van der Waals surface area contributed by atoms with Gasteiger partial charge in [0.1, 0.15) is 5.82 Å². The third-order valence-electron chi connectivity index (χ3n) is 3.12. The minimum absolute atomic E-state index is 0.175. The second-order valence-corrected chi connectivity index (χ2v) is 4.51. The summed E-state index contributed by atoms with van der Waals surface area (Å²) in [5.41, 5.74) is 2.22. The normalized spacial score (nSPS) is 10.7. The zero-order valence-electron chi connectivity index (χ0n) is 11.1. The monoisotopic (exact) mass is 266 g/mol. The van der Waals surface area contributed by atoms with Gasteiger partial charge in [0.15, 0.2) is 5.69 Å². The molecule has 1 N–H and O–H groups in total. The lowest BCUT2D eigenvalue weighted by Crippen LogP contribution is -2.23. The second kappa shape index (κ2) is 5.13. The standard InChI is InChI=1S/C15H14N4O/c1-11-18-14(13-6-2-3-8-19(11)13)15(20)17-10-12-5-4-7-16-9-12/h2-9H,10H2,1H3,(H,17,20). The number of carbonyl (C=O) groups is 1. The molecule has 0 radical (unpaired) electrons. The molecule has 5 nitrogen and oxygen atoms in total. The summed E-state index contributed by atoms with van der Waals surface area (Å²) in [4.78, 5) is 20.6. The van der Waals surface area contributed by atoms with E-state index in [0.29, 0.717) is 12.2 Å². The fourth-order valence-electron chi connectivity index (χ4n) is 2.13. The van der Waals surface area contributed by atoms with E-state index in [1.54, 1.807) is 12.4 Å². The molecule has 0 saturated carbocycles. The molecule has 0 fully saturated rings. The summed E-state index contributed by atoms with van der Waals surface area (Å²) in [6.07, 6.45) is 5.34. The summed E-state index contributed by atoms with van der Waals surface area (Å²) >= 11 is 0. The molecular formula is C15H14N4O. The van der Waals surface area contributed by atoms with Crippen molar-refractivity contribution in [3.63, 3.8) is 0 Å². The van der Waals surface area contributed by atoms with E-state index in [2.05, 4.69) is 15.3 Å². The van der Waals surface area contributed by atoms with Gasteiger partial charge in [0.05, 0.1) is 5.52 Å². The summed E-state index contributed by atoms with van der Waals surface area (Å²) in [7, 11) is 0. The number of imidazole rings is 1. The largest absolute Gasteiger partial charge is 0.346 e. The Morgan fingerprint density at radius 1 is 1.30 bits per heavy atom. The summed E-state index contributed by atoms with van der Waals surface area (Å²) < 4.78 is 1.90. The maximum Gasteiger partial charge on any atom is 0.272 e. The number of aromatic nitrogens is 3. The minimum atomic E-state index is -0.175. The predicted octanol–water partition coefficient (Wildman–Crippen LogP) is 1.97. The van der Waals surface area contributed by atoms with Gasteiger partial charge in [-0.2, -0.15) is 0 Å². The topological polar surface area (TPSA) is 59.3 Å². The van der Waals surface area contributed by atoms with Gasteiger partial charge < -0.3 is 9.72 Å². The molecule has 1 amide bonds. The van der Waals surface area contributed by atoms with Crippen molar-refractivity contribution >= 4 is 11.4 Å². The number of nitrogens with zero attached hydrogens (tertiary/aromatic N) is 3. The smallest absolute Gasteiger partial charge is 0.272 e. The highest BCUT2D eigenvalue weighted by Gasteiger charge is 2.14. The van der Waals surface area contributed by atoms with Crippen LogP contribution in [-0.4, -0.2) is 20.3 Å². The Morgan fingerprint density at radius 3 is 3.00 bits per heavy atom. The molecule has 0 aliphatic rings. The molecule has 0 atom stereocenters. The van der Waals surface area contributed by atoms with Crippen LogP contribution in [0.15, 0.2) is 48.9 Å². The maximum absolute atomic E-state index is 12.2. The molecule has 3 aromatic heterocycles.